The number of nitrogen functional groups attached to an aromatic ring is 1. The molecular formula is C12H19ClN4O. The minimum absolute atomic E-state index is 0.255. The number of aryl methyl sites for hydroxylation is 1. The Morgan fingerprint density at radius 1 is 1.50 bits per heavy atom. The van der Waals surface area contributed by atoms with Crippen molar-refractivity contribution in [2.75, 3.05) is 37.4 Å². The molecule has 6 heteroatoms. The summed E-state index contributed by atoms with van der Waals surface area (Å²) in [6.07, 6.45) is 2.30. The highest BCUT2D eigenvalue weighted by Gasteiger charge is 2.23. The highest BCUT2D eigenvalue weighted by Crippen LogP contribution is 2.28. The maximum atomic E-state index is 6.05. The number of ether oxygens (including phenoxy) is 1. The first-order valence-electron chi connectivity index (χ1n) is 6.15. The van der Waals surface area contributed by atoms with Gasteiger partial charge in [-0.25, -0.2) is 4.98 Å². The molecule has 1 atom stereocenters. The lowest BCUT2D eigenvalue weighted by Gasteiger charge is -2.34. The third-order valence-corrected chi connectivity index (χ3v) is 3.48. The van der Waals surface area contributed by atoms with Gasteiger partial charge in [0.05, 0.1) is 18.0 Å². The maximum absolute atomic E-state index is 6.05. The number of anilines is 2. The van der Waals surface area contributed by atoms with E-state index < -0.39 is 0 Å². The molecule has 0 radical (unpaired) electrons. The molecular weight excluding hydrogens is 252 g/mol. The highest BCUT2D eigenvalue weighted by atomic mass is 35.5. The summed E-state index contributed by atoms with van der Waals surface area (Å²) in [7, 11) is 1.74. The zero-order valence-electron chi connectivity index (χ0n) is 10.8. The van der Waals surface area contributed by atoms with E-state index in [2.05, 4.69) is 14.9 Å². The fraction of sp³-hybridized carbons (Fsp3) is 0.667. The summed E-state index contributed by atoms with van der Waals surface area (Å²) in [5.41, 5.74) is 7.40. The van der Waals surface area contributed by atoms with Crippen molar-refractivity contribution in [2.24, 2.45) is 5.92 Å². The second kappa shape index (κ2) is 5.71. The van der Waals surface area contributed by atoms with Crippen molar-refractivity contribution in [3.63, 3.8) is 0 Å². The van der Waals surface area contributed by atoms with Crippen LogP contribution in [0.5, 0.6) is 0 Å². The fourth-order valence-corrected chi connectivity index (χ4v) is 2.61. The second-order valence-electron chi connectivity index (χ2n) is 4.72. The molecule has 100 valence electrons. The van der Waals surface area contributed by atoms with E-state index in [4.69, 9.17) is 22.1 Å². The average Bonchev–Trinajstić information content (AvgIpc) is 2.34. The first-order chi connectivity index (χ1) is 8.61. The predicted molar refractivity (Wildman–Crippen MR) is 73.0 cm³/mol. The zero-order valence-corrected chi connectivity index (χ0v) is 11.6. The van der Waals surface area contributed by atoms with E-state index in [1.54, 1.807) is 7.11 Å². The lowest BCUT2D eigenvalue weighted by molar-refractivity contribution is 0.143. The van der Waals surface area contributed by atoms with Crippen molar-refractivity contribution in [2.45, 2.75) is 19.8 Å². The second-order valence-corrected chi connectivity index (χ2v) is 5.06. The summed E-state index contributed by atoms with van der Waals surface area (Å²) in [6, 6.07) is 0. The number of nitrogens with zero attached hydrogens (tertiary/aromatic N) is 3. The summed E-state index contributed by atoms with van der Waals surface area (Å²) >= 11 is 5.91. The van der Waals surface area contributed by atoms with Gasteiger partial charge in [-0.1, -0.05) is 0 Å². The Bertz CT molecular complexity index is 425. The van der Waals surface area contributed by atoms with Gasteiger partial charge in [0, 0.05) is 20.2 Å². The normalized spacial score (nSPS) is 20.2. The largest absolute Gasteiger partial charge is 0.394 e. The Hall–Kier alpha value is -1.07. The van der Waals surface area contributed by atoms with Crippen LogP contribution in [0.4, 0.5) is 11.5 Å². The maximum Gasteiger partial charge on any atom is 0.224 e. The van der Waals surface area contributed by atoms with E-state index in [-0.39, 0.29) is 5.28 Å². The Labute approximate surface area is 112 Å². The van der Waals surface area contributed by atoms with Crippen LogP contribution in [0.2, 0.25) is 5.28 Å². The highest BCUT2D eigenvalue weighted by molar-refractivity contribution is 6.28. The van der Waals surface area contributed by atoms with Gasteiger partial charge >= 0.3 is 0 Å². The molecule has 0 bridgehead atoms. The van der Waals surface area contributed by atoms with E-state index >= 15 is 0 Å². The monoisotopic (exact) mass is 270 g/mol. The molecule has 2 heterocycles. The summed E-state index contributed by atoms with van der Waals surface area (Å²) in [5, 5.41) is 0.255. The van der Waals surface area contributed by atoms with Gasteiger partial charge in [-0.05, 0) is 37.3 Å². The quantitative estimate of drug-likeness (QED) is 0.850. The molecule has 5 nitrogen and oxygen atoms in total. The molecule has 1 fully saturated rings. The number of aromatic nitrogens is 2. The lowest BCUT2D eigenvalue weighted by atomic mass is 9.99. The van der Waals surface area contributed by atoms with Gasteiger partial charge < -0.3 is 15.4 Å². The summed E-state index contributed by atoms with van der Waals surface area (Å²) in [6.45, 7) is 4.49. The number of hydrogen-bond donors (Lipinski definition) is 1. The van der Waals surface area contributed by atoms with Gasteiger partial charge in [-0.15, -0.1) is 0 Å². The first-order valence-corrected chi connectivity index (χ1v) is 6.53. The lowest BCUT2D eigenvalue weighted by Crippen LogP contribution is -2.38. The van der Waals surface area contributed by atoms with Crippen LogP contribution in [0.1, 0.15) is 18.5 Å². The average molecular weight is 271 g/mol. The molecule has 1 aromatic rings. The standard InChI is InChI=1S/C12H19ClN4O/c1-8-10(14)11(16-12(13)15-8)17-5-3-4-9(6-17)7-18-2/h9H,3-7,14H2,1-2H3. The number of halogens is 1. The molecule has 2 rings (SSSR count). The zero-order chi connectivity index (χ0) is 13.1. The third-order valence-electron chi connectivity index (χ3n) is 3.31. The fourth-order valence-electron chi connectivity index (χ4n) is 2.40. The smallest absolute Gasteiger partial charge is 0.224 e. The van der Waals surface area contributed by atoms with Crippen molar-refractivity contribution in [1.29, 1.82) is 0 Å². The molecule has 1 aromatic heterocycles. The summed E-state index contributed by atoms with van der Waals surface area (Å²) in [5.74, 6) is 1.28. The first kappa shape index (κ1) is 13.4. The van der Waals surface area contributed by atoms with Gasteiger partial charge in [0.25, 0.3) is 0 Å². The number of hydrogen-bond acceptors (Lipinski definition) is 5. The van der Waals surface area contributed by atoms with Gasteiger partial charge in [0.1, 0.15) is 0 Å². The topological polar surface area (TPSA) is 64.3 Å². The van der Waals surface area contributed by atoms with Crippen molar-refractivity contribution in [1.82, 2.24) is 9.97 Å². The Morgan fingerprint density at radius 3 is 3.00 bits per heavy atom. The predicted octanol–water partition coefficient (Wildman–Crippen LogP) is 1.88. The molecule has 1 aliphatic rings. The Kier molecular flexibility index (Phi) is 4.24. The minimum Gasteiger partial charge on any atom is -0.394 e. The van der Waals surface area contributed by atoms with Crippen LogP contribution in [-0.2, 0) is 4.74 Å². The van der Waals surface area contributed by atoms with Crippen LogP contribution in [0.3, 0.4) is 0 Å². The molecule has 0 aliphatic carbocycles. The van der Waals surface area contributed by atoms with E-state index in [9.17, 15) is 0 Å². The van der Waals surface area contributed by atoms with E-state index in [0.29, 0.717) is 11.6 Å². The molecule has 0 aromatic carbocycles. The van der Waals surface area contributed by atoms with Crippen LogP contribution in [0.15, 0.2) is 0 Å². The molecule has 1 aliphatic heterocycles. The molecule has 0 saturated carbocycles. The van der Waals surface area contributed by atoms with E-state index in [1.807, 2.05) is 6.92 Å². The van der Waals surface area contributed by atoms with Gasteiger partial charge in [0.15, 0.2) is 5.82 Å². The number of methoxy groups -OCH3 is 1. The van der Waals surface area contributed by atoms with Gasteiger partial charge in [-0.3, -0.25) is 0 Å². The number of piperidine rings is 1. The number of rotatable bonds is 3. The molecule has 18 heavy (non-hydrogen) atoms. The van der Waals surface area contributed by atoms with Gasteiger partial charge in [-0.2, -0.15) is 4.98 Å². The molecule has 1 saturated heterocycles. The molecule has 2 N–H and O–H groups in total. The van der Waals surface area contributed by atoms with Crippen LogP contribution >= 0.6 is 11.6 Å². The Morgan fingerprint density at radius 2 is 2.28 bits per heavy atom. The van der Waals surface area contributed by atoms with Crippen LogP contribution in [0, 0.1) is 12.8 Å². The number of nitrogens with two attached hydrogens (primary N) is 1. The Balaban J connectivity index is 2.20. The van der Waals surface area contributed by atoms with Crippen molar-refractivity contribution in [3.8, 4) is 0 Å². The van der Waals surface area contributed by atoms with Crippen LogP contribution in [-0.4, -0.2) is 36.8 Å². The summed E-state index contributed by atoms with van der Waals surface area (Å²) < 4.78 is 5.23. The van der Waals surface area contributed by atoms with E-state index in [0.717, 1.165) is 37.6 Å². The van der Waals surface area contributed by atoms with Gasteiger partial charge in [0.2, 0.25) is 5.28 Å². The molecule has 1 unspecified atom stereocenters. The third kappa shape index (κ3) is 2.84. The minimum atomic E-state index is 0.255. The SMILES string of the molecule is COCC1CCCN(c2nc(Cl)nc(C)c2N)C1. The van der Waals surface area contributed by atoms with Crippen molar-refractivity contribution >= 4 is 23.1 Å². The van der Waals surface area contributed by atoms with Crippen molar-refractivity contribution < 1.29 is 4.74 Å². The van der Waals surface area contributed by atoms with Crippen LogP contribution < -0.4 is 10.6 Å². The van der Waals surface area contributed by atoms with Crippen LogP contribution in [0.25, 0.3) is 0 Å². The van der Waals surface area contributed by atoms with Crippen molar-refractivity contribution in [3.05, 3.63) is 11.0 Å². The van der Waals surface area contributed by atoms with E-state index in [1.165, 1.54) is 6.42 Å². The molecule has 0 amide bonds. The molecule has 0 spiro atoms. The summed E-state index contributed by atoms with van der Waals surface area (Å²) in [4.78, 5) is 10.5.